The van der Waals surface area contributed by atoms with Gasteiger partial charge in [0.1, 0.15) is 10.7 Å². The third-order valence-electron chi connectivity index (χ3n) is 2.57. The zero-order valence-corrected chi connectivity index (χ0v) is 10.8. The van der Waals surface area contributed by atoms with Gasteiger partial charge in [0.25, 0.3) is 0 Å². The normalized spacial score (nSPS) is 11.4. The van der Waals surface area contributed by atoms with E-state index in [2.05, 4.69) is 4.72 Å². The second-order valence-electron chi connectivity index (χ2n) is 4.00. The monoisotopic (exact) mass is 280 g/mol. The van der Waals surface area contributed by atoms with Crippen LogP contribution < -0.4 is 10.5 Å². The van der Waals surface area contributed by atoms with Crippen LogP contribution in [0.25, 0.3) is 0 Å². The van der Waals surface area contributed by atoms with E-state index < -0.39 is 15.8 Å². The molecule has 2 aromatic rings. The molecule has 0 saturated heterocycles. The SMILES string of the molecule is Nc1ccc(CNS(=O)(=O)c2ccccc2F)cc1. The summed E-state index contributed by atoms with van der Waals surface area (Å²) in [5, 5.41) is 0. The average molecular weight is 280 g/mol. The molecule has 0 aliphatic carbocycles. The Balaban J connectivity index is 2.14. The van der Waals surface area contributed by atoms with E-state index in [0.29, 0.717) is 5.69 Å². The number of nitrogens with one attached hydrogen (secondary N) is 1. The van der Waals surface area contributed by atoms with Crippen molar-refractivity contribution in [2.45, 2.75) is 11.4 Å². The van der Waals surface area contributed by atoms with Crippen LogP contribution in [0.15, 0.2) is 53.4 Å². The minimum absolute atomic E-state index is 0.0803. The highest BCUT2D eigenvalue weighted by atomic mass is 32.2. The number of hydrogen-bond donors (Lipinski definition) is 2. The van der Waals surface area contributed by atoms with E-state index in [1.807, 2.05) is 0 Å². The molecule has 3 N–H and O–H groups in total. The predicted octanol–water partition coefficient (Wildman–Crippen LogP) is 1.89. The molecule has 0 spiro atoms. The average Bonchev–Trinajstić information content (AvgIpc) is 2.38. The summed E-state index contributed by atoms with van der Waals surface area (Å²) in [5.41, 5.74) is 6.87. The lowest BCUT2D eigenvalue weighted by Gasteiger charge is -2.07. The summed E-state index contributed by atoms with van der Waals surface area (Å²) in [6.45, 7) is 0.0803. The molecule has 4 nitrogen and oxygen atoms in total. The fraction of sp³-hybridized carbons (Fsp3) is 0.0769. The summed E-state index contributed by atoms with van der Waals surface area (Å²) in [5.74, 6) is -0.771. The van der Waals surface area contributed by atoms with Crippen molar-refractivity contribution >= 4 is 15.7 Å². The molecule has 0 radical (unpaired) electrons. The Morgan fingerprint density at radius 1 is 1.05 bits per heavy atom. The number of sulfonamides is 1. The Kier molecular flexibility index (Phi) is 3.82. The number of anilines is 1. The standard InChI is InChI=1S/C13H13FN2O2S/c14-12-3-1-2-4-13(12)19(17,18)16-9-10-5-7-11(15)8-6-10/h1-8,16H,9,15H2. The third-order valence-corrected chi connectivity index (χ3v) is 4.01. The van der Waals surface area contributed by atoms with Gasteiger partial charge in [-0.2, -0.15) is 0 Å². The van der Waals surface area contributed by atoms with Crippen LogP contribution in [-0.4, -0.2) is 8.42 Å². The van der Waals surface area contributed by atoms with Crippen LogP contribution in [0.5, 0.6) is 0 Å². The number of nitrogens with two attached hydrogens (primary N) is 1. The molecule has 6 heteroatoms. The molecule has 0 heterocycles. The Hall–Kier alpha value is -1.92. The van der Waals surface area contributed by atoms with Gasteiger partial charge in [0.05, 0.1) is 0 Å². The van der Waals surface area contributed by atoms with E-state index in [1.165, 1.54) is 18.2 Å². The van der Waals surface area contributed by atoms with Crippen LogP contribution in [0.1, 0.15) is 5.56 Å². The highest BCUT2D eigenvalue weighted by Crippen LogP contribution is 2.14. The molecule has 0 aromatic heterocycles. The number of rotatable bonds is 4. The summed E-state index contributed by atoms with van der Waals surface area (Å²) in [6, 6.07) is 12.0. The van der Waals surface area contributed by atoms with Gasteiger partial charge in [-0.25, -0.2) is 17.5 Å². The van der Waals surface area contributed by atoms with E-state index in [0.717, 1.165) is 11.6 Å². The van der Waals surface area contributed by atoms with Crippen molar-refractivity contribution in [3.63, 3.8) is 0 Å². The highest BCUT2D eigenvalue weighted by molar-refractivity contribution is 7.89. The largest absolute Gasteiger partial charge is 0.399 e. The molecular formula is C13H13FN2O2S. The molecule has 0 aliphatic rings. The Morgan fingerprint density at radius 3 is 2.32 bits per heavy atom. The smallest absolute Gasteiger partial charge is 0.243 e. The number of nitrogen functional groups attached to an aromatic ring is 1. The summed E-state index contributed by atoms with van der Waals surface area (Å²) in [4.78, 5) is -0.356. The fourth-order valence-electron chi connectivity index (χ4n) is 1.55. The first-order valence-corrected chi connectivity index (χ1v) is 7.06. The topological polar surface area (TPSA) is 72.2 Å². The highest BCUT2D eigenvalue weighted by Gasteiger charge is 2.17. The van der Waals surface area contributed by atoms with Crippen LogP contribution in [0.4, 0.5) is 10.1 Å². The van der Waals surface area contributed by atoms with Crippen LogP contribution in [0.3, 0.4) is 0 Å². The lowest BCUT2D eigenvalue weighted by Crippen LogP contribution is -2.24. The lowest BCUT2D eigenvalue weighted by atomic mass is 10.2. The van der Waals surface area contributed by atoms with Gasteiger partial charge < -0.3 is 5.73 Å². The second kappa shape index (κ2) is 5.38. The molecular weight excluding hydrogens is 267 g/mol. The van der Waals surface area contributed by atoms with Gasteiger partial charge in [0.15, 0.2) is 0 Å². The molecule has 2 rings (SSSR count). The van der Waals surface area contributed by atoms with Crippen molar-refractivity contribution < 1.29 is 12.8 Å². The molecule has 0 saturated carbocycles. The molecule has 0 fully saturated rings. The van der Waals surface area contributed by atoms with E-state index in [1.54, 1.807) is 24.3 Å². The second-order valence-corrected chi connectivity index (χ2v) is 5.73. The summed E-state index contributed by atoms with van der Waals surface area (Å²) in [7, 11) is -3.86. The first-order valence-electron chi connectivity index (χ1n) is 5.58. The van der Waals surface area contributed by atoms with Crippen LogP contribution in [0, 0.1) is 5.82 Å². The number of halogens is 1. The zero-order chi connectivity index (χ0) is 13.9. The van der Waals surface area contributed by atoms with E-state index in [-0.39, 0.29) is 11.4 Å². The maximum absolute atomic E-state index is 13.4. The molecule has 0 atom stereocenters. The van der Waals surface area contributed by atoms with Gasteiger partial charge >= 0.3 is 0 Å². The molecule has 0 amide bonds. The van der Waals surface area contributed by atoms with E-state index in [9.17, 15) is 12.8 Å². The minimum atomic E-state index is -3.86. The molecule has 0 unspecified atom stereocenters. The maximum Gasteiger partial charge on any atom is 0.243 e. The first-order chi connectivity index (χ1) is 8.99. The van der Waals surface area contributed by atoms with Crippen molar-refractivity contribution in [2.24, 2.45) is 0 Å². The van der Waals surface area contributed by atoms with Crippen molar-refractivity contribution in [1.82, 2.24) is 4.72 Å². The van der Waals surface area contributed by atoms with Gasteiger partial charge in [-0.3, -0.25) is 0 Å². The Bertz CT molecular complexity index is 669. The lowest BCUT2D eigenvalue weighted by molar-refractivity contribution is 0.557. The zero-order valence-electron chi connectivity index (χ0n) is 10.0. The molecule has 2 aromatic carbocycles. The van der Waals surface area contributed by atoms with Gasteiger partial charge in [0.2, 0.25) is 10.0 Å². The van der Waals surface area contributed by atoms with Gasteiger partial charge in [-0.15, -0.1) is 0 Å². The van der Waals surface area contributed by atoms with Crippen molar-refractivity contribution in [1.29, 1.82) is 0 Å². The molecule has 100 valence electrons. The molecule has 0 bridgehead atoms. The predicted molar refractivity (Wildman–Crippen MR) is 71.3 cm³/mol. The van der Waals surface area contributed by atoms with Crippen LogP contribution >= 0.6 is 0 Å². The minimum Gasteiger partial charge on any atom is -0.399 e. The van der Waals surface area contributed by atoms with Gasteiger partial charge in [-0.1, -0.05) is 24.3 Å². The summed E-state index contributed by atoms with van der Waals surface area (Å²) >= 11 is 0. The van der Waals surface area contributed by atoms with Crippen LogP contribution in [0.2, 0.25) is 0 Å². The summed E-state index contributed by atoms with van der Waals surface area (Å²) in [6.07, 6.45) is 0. The maximum atomic E-state index is 13.4. The van der Waals surface area contributed by atoms with Gasteiger partial charge in [-0.05, 0) is 29.8 Å². The van der Waals surface area contributed by atoms with Gasteiger partial charge in [0, 0.05) is 12.2 Å². The fourth-order valence-corrected chi connectivity index (χ4v) is 2.65. The van der Waals surface area contributed by atoms with Crippen molar-refractivity contribution in [3.05, 3.63) is 59.9 Å². The first kappa shape index (κ1) is 13.5. The van der Waals surface area contributed by atoms with Crippen molar-refractivity contribution in [2.75, 3.05) is 5.73 Å². The van der Waals surface area contributed by atoms with Crippen LogP contribution in [-0.2, 0) is 16.6 Å². The van der Waals surface area contributed by atoms with Crippen molar-refractivity contribution in [3.8, 4) is 0 Å². The molecule has 19 heavy (non-hydrogen) atoms. The number of hydrogen-bond acceptors (Lipinski definition) is 3. The quantitative estimate of drug-likeness (QED) is 0.840. The molecule has 0 aliphatic heterocycles. The summed E-state index contributed by atoms with van der Waals surface area (Å²) < 4.78 is 39.6. The third kappa shape index (κ3) is 3.30. The Morgan fingerprint density at radius 2 is 1.68 bits per heavy atom. The van der Waals surface area contributed by atoms with E-state index in [4.69, 9.17) is 5.73 Å². The number of benzene rings is 2. The van der Waals surface area contributed by atoms with E-state index >= 15 is 0 Å². The Labute approximate surface area is 111 Å².